The number of phenolic OH excluding ortho intramolecular Hbond substituents is 1. The SMILES string of the molecule is O=C1C2CC3C(=CCC4C(=O)N(c5ccc(Cl)cc5)C(=O)C43)C(c3ccc(O)c4ccccc34)C2(c2ccc(Cl)cc2)C(=O)N1Nc1ccc(F)cc1. The van der Waals surface area contributed by atoms with Crippen LogP contribution in [0.2, 0.25) is 10.0 Å². The number of nitrogens with zero attached hydrogens (tertiary/aromatic N) is 2. The molecule has 2 aliphatic carbocycles. The number of anilines is 2. The third-order valence-electron chi connectivity index (χ3n) is 11.6. The van der Waals surface area contributed by atoms with Crippen molar-refractivity contribution in [1.29, 1.82) is 0 Å². The van der Waals surface area contributed by atoms with Crippen molar-refractivity contribution < 1.29 is 28.7 Å². The Morgan fingerprint density at radius 2 is 1.40 bits per heavy atom. The van der Waals surface area contributed by atoms with Gasteiger partial charge in [-0.05, 0) is 102 Å². The topological polar surface area (TPSA) is 107 Å². The minimum absolute atomic E-state index is 0.0510. The molecular weight excluding hydrogens is 716 g/mol. The van der Waals surface area contributed by atoms with Crippen LogP contribution in [0.5, 0.6) is 5.75 Å². The zero-order valence-corrected chi connectivity index (χ0v) is 29.4. The Hall–Kier alpha value is -5.51. The van der Waals surface area contributed by atoms with Gasteiger partial charge in [-0.2, -0.15) is 5.01 Å². The molecule has 2 saturated heterocycles. The lowest BCUT2D eigenvalue weighted by Crippen LogP contribution is -2.53. The van der Waals surface area contributed by atoms with Crippen molar-refractivity contribution in [2.24, 2.45) is 23.7 Å². The summed E-state index contributed by atoms with van der Waals surface area (Å²) < 4.78 is 13.9. The molecule has 5 aromatic carbocycles. The van der Waals surface area contributed by atoms with E-state index in [9.17, 15) is 23.9 Å². The number of hydrazine groups is 1. The second-order valence-corrected chi connectivity index (χ2v) is 15.0. The highest BCUT2D eigenvalue weighted by Crippen LogP contribution is 2.65. The van der Waals surface area contributed by atoms with Crippen LogP contribution in [0.3, 0.4) is 0 Å². The average molecular weight is 747 g/mol. The molecule has 9 rings (SSSR count). The molecule has 3 fully saturated rings. The highest BCUT2D eigenvalue weighted by molar-refractivity contribution is 6.31. The average Bonchev–Trinajstić information content (AvgIpc) is 3.54. The van der Waals surface area contributed by atoms with E-state index >= 15 is 4.79 Å². The van der Waals surface area contributed by atoms with Crippen LogP contribution in [0.15, 0.2) is 121 Å². The third-order valence-corrected chi connectivity index (χ3v) is 12.1. The van der Waals surface area contributed by atoms with Crippen molar-refractivity contribution in [2.75, 3.05) is 10.3 Å². The summed E-state index contributed by atoms with van der Waals surface area (Å²) in [6.45, 7) is 0. The number of nitrogens with one attached hydrogen (secondary N) is 1. The van der Waals surface area contributed by atoms with E-state index in [2.05, 4.69) is 5.43 Å². The number of halogens is 3. The number of hydrogen-bond donors (Lipinski definition) is 2. The number of benzene rings is 5. The summed E-state index contributed by atoms with van der Waals surface area (Å²) >= 11 is 12.5. The summed E-state index contributed by atoms with van der Waals surface area (Å²) in [4.78, 5) is 60.1. The van der Waals surface area contributed by atoms with Crippen LogP contribution in [0.4, 0.5) is 15.8 Å². The summed E-state index contributed by atoms with van der Waals surface area (Å²) in [6, 6.07) is 29.4. The van der Waals surface area contributed by atoms with E-state index in [1.807, 2.05) is 24.3 Å². The van der Waals surface area contributed by atoms with Crippen LogP contribution >= 0.6 is 23.2 Å². The lowest BCUT2D eigenvalue weighted by molar-refractivity contribution is -0.138. The van der Waals surface area contributed by atoms with Crippen LogP contribution in [0, 0.1) is 29.5 Å². The smallest absolute Gasteiger partial charge is 0.260 e. The molecule has 6 unspecified atom stereocenters. The maximum absolute atomic E-state index is 15.4. The molecule has 11 heteroatoms. The second kappa shape index (κ2) is 12.3. The first-order valence-corrected chi connectivity index (χ1v) is 18.1. The van der Waals surface area contributed by atoms with Gasteiger partial charge in [0.25, 0.3) is 11.8 Å². The first kappa shape index (κ1) is 33.3. The Morgan fingerprint density at radius 3 is 2.09 bits per heavy atom. The Morgan fingerprint density at radius 1 is 0.736 bits per heavy atom. The third kappa shape index (κ3) is 4.87. The fourth-order valence-corrected chi connectivity index (χ4v) is 9.65. The molecule has 2 N–H and O–H groups in total. The van der Waals surface area contributed by atoms with Gasteiger partial charge in [0.05, 0.1) is 34.5 Å². The van der Waals surface area contributed by atoms with Crippen LogP contribution < -0.4 is 10.3 Å². The highest BCUT2D eigenvalue weighted by atomic mass is 35.5. The zero-order valence-electron chi connectivity index (χ0n) is 27.9. The summed E-state index contributed by atoms with van der Waals surface area (Å²) in [5, 5.41) is 14.2. The number of imide groups is 2. The number of amides is 4. The number of hydrogen-bond acceptors (Lipinski definition) is 6. The van der Waals surface area contributed by atoms with Crippen LogP contribution in [-0.4, -0.2) is 33.7 Å². The van der Waals surface area contributed by atoms with E-state index in [1.165, 1.54) is 29.2 Å². The fourth-order valence-electron chi connectivity index (χ4n) is 9.40. The zero-order chi connectivity index (χ0) is 36.8. The molecular formula is C42H30Cl2FN3O5. The van der Waals surface area contributed by atoms with Gasteiger partial charge in [0.2, 0.25) is 11.8 Å². The Balaban J connectivity index is 1.28. The largest absolute Gasteiger partial charge is 0.507 e. The minimum atomic E-state index is -1.55. The quantitative estimate of drug-likeness (QED) is 0.139. The van der Waals surface area contributed by atoms with E-state index in [1.54, 1.807) is 66.7 Å². The molecule has 0 spiro atoms. The number of fused-ring (bicyclic) bond motifs is 5. The van der Waals surface area contributed by atoms with E-state index in [-0.39, 0.29) is 30.4 Å². The van der Waals surface area contributed by atoms with Crippen molar-refractivity contribution in [3.63, 3.8) is 0 Å². The molecule has 53 heavy (non-hydrogen) atoms. The molecule has 0 bridgehead atoms. The molecule has 8 nitrogen and oxygen atoms in total. The van der Waals surface area contributed by atoms with Crippen molar-refractivity contribution in [2.45, 2.75) is 24.2 Å². The second-order valence-electron chi connectivity index (χ2n) is 14.1. The molecule has 264 valence electrons. The van der Waals surface area contributed by atoms with Gasteiger partial charge in [-0.15, -0.1) is 0 Å². The summed E-state index contributed by atoms with van der Waals surface area (Å²) in [7, 11) is 0. The summed E-state index contributed by atoms with van der Waals surface area (Å²) in [5.41, 5.74) is 4.17. The molecule has 0 aromatic heterocycles. The van der Waals surface area contributed by atoms with Gasteiger partial charge in [0, 0.05) is 21.3 Å². The number of carbonyl (C=O) groups excluding carboxylic acids is 4. The maximum atomic E-state index is 15.4. The molecule has 2 heterocycles. The first-order chi connectivity index (χ1) is 25.6. The Labute approximate surface area is 313 Å². The minimum Gasteiger partial charge on any atom is -0.507 e. The predicted octanol–water partition coefficient (Wildman–Crippen LogP) is 8.18. The number of carbonyl (C=O) groups is 4. The van der Waals surface area contributed by atoms with Gasteiger partial charge < -0.3 is 5.11 Å². The van der Waals surface area contributed by atoms with Gasteiger partial charge in [-0.3, -0.25) is 29.5 Å². The first-order valence-electron chi connectivity index (χ1n) is 17.3. The Kier molecular flexibility index (Phi) is 7.73. The molecule has 5 aromatic rings. The van der Waals surface area contributed by atoms with E-state index in [4.69, 9.17) is 23.2 Å². The monoisotopic (exact) mass is 745 g/mol. The summed E-state index contributed by atoms with van der Waals surface area (Å²) in [5.74, 6) is -6.05. The van der Waals surface area contributed by atoms with Crippen molar-refractivity contribution >= 4 is 69.0 Å². The lowest BCUT2D eigenvalue weighted by atomic mass is 9.49. The van der Waals surface area contributed by atoms with E-state index < -0.39 is 52.6 Å². The molecule has 4 aliphatic rings. The van der Waals surface area contributed by atoms with Crippen LogP contribution in [-0.2, 0) is 24.6 Å². The molecule has 6 atom stereocenters. The van der Waals surface area contributed by atoms with Crippen LogP contribution in [0.1, 0.15) is 29.9 Å². The summed E-state index contributed by atoms with van der Waals surface area (Å²) in [6.07, 6.45) is 2.33. The van der Waals surface area contributed by atoms with Gasteiger partial charge in [0.1, 0.15) is 11.6 Å². The lowest BCUT2D eigenvalue weighted by Gasteiger charge is -2.51. The van der Waals surface area contributed by atoms with Gasteiger partial charge in [0.15, 0.2) is 0 Å². The van der Waals surface area contributed by atoms with Gasteiger partial charge in [-0.25, -0.2) is 4.39 Å². The Bertz CT molecular complexity index is 2400. The highest BCUT2D eigenvalue weighted by Gasteiger charge is 2.70. The van der Waals surface area contributed by atoms with Gasteiger partial charge >= 0.3 is 0 Å². The number of allylic oxidation sites excluding steroid dienone is 2. The molecule has 2 aliphatic heterocycles. The standard InChI is InChI=1S/C42H30Cl2FN3O5/c43-23-7-5-22(6-8-23)42-34(39(51)48(41(42)53)46-26-13-11-25(45)12-14-26)21-33-31(37(42)30-19-20-35(49)29-4-2-1-3-28(29)30)17-18-32-36(33)40(52)47(38(32)50)27-15-9-24(44)10-16-27/h1-17,19-20,32-34,36-37,46,49H,18,21H2. The molecule has 0 radical (unpaired) electrons. The molecule has 4 amide bonds. The van der Waals surface area contributed by atoms with E-state index in [0.717, 1.165) is 10.6 Å². The normalized spacial score (nSPS) is 26.4. The molecule has 1 saturated carbocycles. The van der Waals surface area contributed by atoms with Crippen molar-refractivity contribution in [3.8, 4) is 5.75 Å². The van der Waals surface area contributed by atoms with Crippen molar-refractivity contribution in [3.05, 3.63) is 148 Å². The van der Waals surface area contributed by atoms with E-state index in [0.29, 0.717) is 43.3 Å². The number of aromatic hydroxyl groups is 1. The number of phenols is 1. The number of rotatable bonds is 5. The maximum Gasteiger partial charge on any atom is 0.260 e. The predicted molar refractivity (Wildman–Crippen MR) is 199 cm³/mol. The van der Waals surface area contributed by atoms with Crippen LogP contribution in [0.25, 0.3) is 10.8 Å². The fraction of sp³-hybridized carbons (Fsp3) is 0.190. The van der Waals surface area contributed by atoms with Gasteiger partial charge in [-0.1, -0.05) is 77.3 Å². The van der Waals surface area contributed by atoms with Crippen molar-refractivity contribution in [1.82, 2.24) is 5.01 Å².